The summed E-state index contributed by atoms with van der Waals surface area (Å²) in [5, 5.41) is 7.93. The largest absolute Gasteiger partial charge is 0.424 e. The molecule has 5 heteroatoms. The van der Waals surface area contributed by atoms with E-state index in [-0.39, 0.29) is 10.6 Å². The van der Waals surface area contributed by atoms with Crippen LogP contribution in [0, 0.1) is 5.82 Å². The fourth-order valence-corrected chi connectivity index (χ4v) is 1.60. The minimum Gasteiger partial charge on any atom is -0.424 e. The predicted molar refractivity (Wildman–Crippen MR) is 65.5 cm³/mol. The van der Waals surface area contributed by atoms with Gasteiger partial charge in [-0.2, -0.15) is 0 Å². The molecule has 0 radical (unpaired) electrons. The van der Waals surface area contributed by atoms with Crippen molar-refractivity contribution >= 4 is 15.9 Å². The lowest BCUT2D eigenvalue weighted by molar-refractivity contribution is 0.454. The summed E-state index contributed by atoms with van der Waals surface area (Å²) < 4.78 is 18.2. The minimum absolute atomic E-state index is 0.0944. The lowest BCUT2D eigenvalue weighted by Gasteiger charge is -1.98. The van der Waals surface area contributed by atoms with E-state index in [2.05, 4.69) is 26.1 Å². The molecule has 0 aliphatic heterocycles. The highest BCUT2D eigenvalue weighted by atomic mass is 79.9. The van der Waals surface area contributed by atoms with Gasteiger partial charge in [0.15, 0.2) is 0 Å². The Morgan fingerprint density at radius 1 is 1.29 bits per heavy atom. The van der Waals surface area contributed by atoms with E-state index >= 15 is 0 Å². The van der Waals surface area contributed by atoms with E-state index in [0.717, 1.165) is 12.0 Å². The molecule has 0 N–H and O–H groups in total. The first kappa shape index (κ1) is 12.2. The second-order valence-corrected chi connectivity index (χ2v) is 4.82. The molecule has 1 heterocycles. The molecular formula is C12H12BrFN2O. The maximum Gasteiger partial charge on any atom is 0.230 e. The Bertz CT molecular complexity index is 484. The molecule has 2 aromatic rings. The third kappa shape index (κ3) is 3.12. The van der Waals surface area contributed by atoms with Crippen LogP contribution in [0.5, 0.6) is 0 Å². The number of alkyl halides is 1. The first-order valence-corrected chi connectivity index (χ1v) is 6.31. The molecule has 1 unspecified atom stereocenters. The molecule has 0 saturated heterocycles. The Kier molecular flexibility index (Phi) is 3.89. The Labute approximate surface area is 107 Å². The van der Waals surface area contributed by atoms with E-state index in [0.29, 0.717) is 18.2 Å². The maximum atomic E-state index is 12.7. The Balaban J connectivity index is 2.08. The lowest BCUT2D eigenvalue weighted by Crippen LogP contribution is -1.88. The fourth-order valence-electron chi connectivity index (χ4n) is 1.42. The van der Waals surface area contributed by atoms with Crippen molar-refractivity contribution in [3.05, 3.63) is 47.4 Å². The van der Waals surface area contributed by atoms with Crippen LogP contribution in [-0.4, -0.2) is 10.2 Å². The van der Waals surface area contributed by atoms with Gasteiger partial charge in [0.1, 0.15) is 5.82 Å². The zero-order chi connectivity index (χ0) is 12.3. The molecule has 1 aromatic carbocycles. The fraction of sp³-hybridized carbons (Fsp3) is 0.333. The van der Waals surface area contributed by atoms with Gasteiger partial charge in [-0.1, -0.05) is 35.0 Å². The molecular weight excluding hydrogens is 287 g/mol. The highest BCUT2D eigenvalue weighted by Gasteiger charge is 2.13. The number of hydrogen-bond acceptors (Lipinski definition) is 3. The highest BCUT2D eigenvalue weighted by Crippen LogP contribution is 2.24. The van der Waals surface area contributed by atoms with Crippen molar-refractivity contribution in [3.8, 4) is 0 Å². The van der Waals surface area contributed by atoms with Gasteiger partial charge < -0.3 is 4.42 Å². The van der Waals surface area contributed by atoms with E-state index in [1.807, 2.05) is 6.92 Å². The molecule has 0 fully saturated rings. The van der Waals surface area contributed by atoms with Gasteiger partial charge in [-0.3, -0.25) is 0 Å². The van der Waals surface area contributed by atoms with Crippen molar-refractivity contribution in [1.29, 1.82) is 0 Å². The average molecular weight is 299 g/mol. The van der Waals surface area contributed by atoms with Crippen LogP contribution in [0.4, 0.5) is 4.39 Å². The van der Waals surface area contributed by atoms with E-state index in [4.69, 9.17) is 4.42 Å². The number of nitrogens with zero attached hydrogens (tertiary/aromatic N) is 2. The molecule has 0 aliphatic rings. The summed E-state index contributed by atoms with van der Waals surface area (Å²) in [5.41, 5.74) is 0.948. The maximum absolute atomic E-state index is 12.7. The Morgan fingerprint density at radius 2 is 2.00 bits per heavy atom. The van der Waals surface area contributed by atoms with Crippen molar-refractivity contribution in [1.82, 2.24) is 10.2 Å². The molecule has 90 valence electrons. The summed E-state index contributed by atoms with van der Waals surface area (Å²) in [5.74, 6) is 0.889. The van der Waals surface area contributed by atoms with Crippen LogP contribution >= 0.6 is 15.9 Å². The summed E-state index contributed by atoms with van der Waals surface area (Å²) >= 11 is 3.45. The second kappa shape index (κ2) is 5.40. The molecule has 1 aromatic heterocycles. The number of halogens is 2. The highest BCUT2D eigenvalue weighted by molar-refractivity contribution is 9.09. The van der Waals surface area contributed by atoms with E-state index < -0.39 is 0 Å². The number of benzene rings is 1. The quantitative estimate of drug-likeness (QED) is 0.809. The van der Waals surface area contributed by atoms with Gasteiger partial charge in [-0.05, 0) is 24.1 Å². The van der Waals surface area contributed by atoms with Gasteiger partial charge in [0.05, 0.1) is 11.2 Å². The van der Waals surface area contributed by atoms with E-state index in [1.165, 1.54) is 12.1 Å². The molecule has 2 rings (SSSR count). The molecule has 17 heavy (non-hydrogen) atoms. The van der Waals surface area contributed by atoms with Crippen molar-refractivity contribution in [3.63, 3.8) is 0 Å². The zero-order valence-corrected chi connectivity index (χ0v) is 10.9. The third-order valence-corrected chi connectivity index (χ3v) is 3.42. The average Bonchev–Trinajstić information content (AvgIpc) is 2.80. The molecule has 0 amide bonds. The standard InChI is InChI=1S/C12H12BrFN2O/c1-2-10(13)12-16-15-11(17-12)7-8-3-5-9(14)6-4-8/h3-6,10H,2,7H2,1H3. The summed E-state index contributed by atoms with van der Waals surface area (Å²) in [6.07, 6.45) is 1.41. The predicted octanol–water partition coefficient (Wildman–Crippen LogP) is 3.65. The van der Waals surface area contributed by atoms with E-state index in [1.54, 1.807) is 12.1 Å². The molecule has 0 saturated carbocycles. The number of hydrogen-bond donors (Lipinski definition) is 0. The molecule has 0 spiro atoms. The van der Waals surface area contributed by atoms with Gasteiger partial charge in [0.2, 0.25) is 11.8 Å². The molecule has 1 atom stereocenters. The topological polar surface area (TPSA) is 38.9 Å². The summed E-state index contributed by atoms with van der Waals surface area (Å²) in [6.45, 7) is 2.03. The normalized spacial score (nSPS) is 12.6. The van der Waals surface area contributed by atoms with Crippen LogP contribution in [0.2, 0.25) is 0 Å². The van der Waals surface area contributed by atoms with Gasteiger partial charge >= 0.3 is 0 Å². The SMILES string of the molecule is CCC(Br)c1nnc(Cc2ccc(F)cc2)o1. The summed E-state index contributed by atoms with van der Waals surface area (Å²) in [6, 6.07) is 6.27. The van der Waals surface area contributed by atoms with Crippen LogP contribution in [-0.2, 0) is 6.42 Å². The van der Waals surface area contributed by atoms with Crippen LogP contribution in [0.15, 0.2) is 28.7 Å². The van der Waals surface area contributed by atoms with Gasteiger partial charge in [0.25, 0.3) is 0 Å². The molecule has 3 nitrogen and oxygen atoms in total. The third-order valence-electron chi connectivity index (χ3n) is 2.38. The van der Waals surface area contributed by atoms with Crippen LogP contribution in [0.3, 0.4) is 0 Å². The first-order chi connectivity index (χ1) is 8.19. The lowest BCUT2D eigenvalue weighted by atomic mass is 10.1. The van der Waals surface area contributed by atoms with E-state index in [9.17, 15) is 4.39 Å². The van der Waals surface area contributed by atoms with Crippen molar-refractivity contribution in [2.45, 2.75) is 24.6 Å². The Hall–Kier alpha value is -1.23. The van der Waals surface area contributed by atoms with Gasteiger partial charge in [-0.15, -0.1) is 10.2 Å². The first-order valence-electron chi connectivity index (χ1n) is 5.40. The smallest absolute Gasteiger partial charge is 0.230 e. The van der Waals surface area contributed by atoms with Crippen LogP contribution in [0.1, 0.15) is 35.5 Å². The number of aromatic nitrogens is 2. The summed E-state index contributed by atoms with van der Waals surface area (Å²) in [4.78, 5) is 0.0944. The zero-order valence-electron chi connectivity index (χ0n) is 9.36. The van der Waals surface area contributed by atoms with Crippen molar-refractivity contribution < 1.29 is 8.81 Å². The summed E-state index contributed by atoms with van der Waals surface area (Å²) in [7, 11) is 0. The Morgan fingerprint density at radius 3 is 2.65 bits per heavy atom. The van der Waals surface area contributed by atoms with Gasteiger partial charge in [0, 0.05) is 0 Å². The van der Waals surface area contributed by atoms with Crippen molar-refractivity contribution in [2.75, 3.05) is 0 Å². The van der Waals surface area contributed by atoms with Crippen LogP contribution in [0.25, 0.3) is 0 Å². The number of rotatable bonds is 4. The minimum atomic E-state index is -0.244. The van der Waals surface area contributed by atoms with Crippen LogP contribution < -0.4 is 0 Å². The monoisotopic (exact) mass is 298 g/mol. The molecule has 0 bridgehead atoms. The second-order valence-electron chi connectivity index (χ2n) is 3.71. The molecule has 0 aliphatic carbocycles. The van der Waals surface area contributed by atoms with Crippen molar-refractivity contribution in [2.24, 2.45) is 0 Å². The van der Waals surface area contributed by atoms with Gasteiger partial charge in [-0.25, -0.2) is 4.39 Å².